The number of imide groups is 1. The highest BCUT2D eigenvalue weighted by atomic mass is 35.5. The number of nitrogens with zero attached hydrogens (tertiary/aromatic N) is 1. The zero-order valence-corrected chi connectivity index (χ0v) is 16.0. The minimum Gasteiger partial charge on any atom is -0.492 e. The third-order valence-corrected chi connectivity index (χ3v) is 4.36. The van der Waals surface area contributed by atoms with Crippen molar-refractivity contribution < 1.29 is 24.0 Å². The summed E-state index contributed by atoms with van der Waals surface area (Å²) < 4.78 is 5.58. The van der Waals surface area contributed by atoms with Gasteiger partial charge >= 0.3 is 5.97 Å². The average molecular weight is 408 g/mol. The second kappa shape index (κ2) is 7.21. The van der Waals surface area contributed by atoms with Gasteiger partial charge in [0.15, 0.2) is 0 Å². The second-order valence-electron chi connectivity index (χ2n) is 6.61. The first-order valence-electron chi connectivity index (χ1n) is 7.98. The molecule has 3 rings (SSSR count). The highest BCUT2D eigenvalue weighted by Crippen LogP contribution is 2.28. The van der Waals surface area contributed by atoms with Gasteiger partial charge in [0.2, 0.25) is 0 Å². The molecule has 1 aliphatic heterocycles. The van der Waals surface area contributed by atoms with Gasteiger partial charge in [-0.25, -0.2) is 4.79 Å². The molecule has 0 unspecified atom stereocenters. The number of hydroxylamine groups is 2. The van der Waals surface area contributed by atoms with E-state index in [0.29, 0.717) is 20.9 Å². The van der Waals surface area contributed by atoms with E-state index in [4.69, 9.17) is 32.8 Å². The van der Waals surface area contributed by atoms with Crippen LogP contribution < -0.4 is 4.74 Å². The van der Waals surface area contributed by atoms with Gasteiger partial charge in [-0.05, 0) is 44.2 Å². The minimum atomic E-state index is -1.15. The smallest absolute Gasteiger partial charge is 0.342 e. The van der Waals surface area contributed by atoms with Gasteiger partial charge < -0.3 is 9.57 Å². The lowest BCUT2D eigenvalue weighted by Gasteiger charge is -2.24. The van der Waals surface area contributed by atoms with Crippen molar-refractivity contribution in [2.45, 2.75) is 13.8 Å². The van der Waals surface area contributed by atoms with E-state index in [9.17, 15) is 14.4 Å². The molecule has 140 valence electrons. The van der Waals surface area contributed by atoms with Crippen LogP contribution in [0, 0.1) is 5.41 Å². The molecule has 0 fully saturated rings. The van der Waals surface area contributed by atoms with E-state index in [0.717, 1.165) is 0 Å². The third-order valence-electron chi connectivity index (χ3n) is 3.92. The van der Waals surface area contributed by atoms with Crippen molar-refractivity contribution in [1.29, 1.82) is 0 Å². The molecule has 0 saturated heterocycles. The molecule has 0 radical (unpaired) electrons. The molecule has 0 saturated carbocycles. The molecule has 8 heteroatoms. The predicted molar refractivity (Wildman–Crippen MR) is 98.8 cm³/mol. The lowest BCUT2D eigenvalue weighted by Crippen LogP contribution is -2.40. The molecule has 0 bridgehead atoms. The fourth-order valence-electron chi connectivity index (χ4n) is 2.39. The van der Waals surface area contributed by atoms with Crippen LogP contribution in [0.5, 0.6) is 5.75 Å². The van der Waals surface area contributed by atoms with Gasteiger partial charge in [0.1, 0.15) is 12.4 Å². The first kappa shape index (κ1) is 19.2. The molecule has 0 aliphatic carbocycles. The Morgan fingerprint density at radius 3 is 2.04 bits per heavy atom. The van der Waals surface area contributed by atoms with E-state index in [-0.39, 0.29) is 17.7 Å². The van der Waals surface area contributed by atoms with E-state index < -0.39 is 23.2 Å². The summed E-state index contributed by atoms with van der Waals surface area (Å²) in [7, 11) is 0. The summed E-state index contributed by atoms with van der Waals surface area (Å²) in [6, 6.07) is 10.9. The Labute approximate surface area is 165 Å². The van der Waals surface area contributed by atoms with Gasteiger partial charge in [-0.1, -0.05) is 40.4 Å². The molecule has 0 atom stereocenters. The van der Waals surface area contributed by atoms with Crippen molar-refractivity contribution in [3.63, 3.8) is 0 Å². The molecule has 2 amide bonds. The lowest BCUT2D eigenvalue weighted by molar-refractivity contribution is -0.180. The Hall–Kier alpha value is -2.57. The van der Waals surface area contributed by atoms with E-state index in [1.807, 2.05) is 0 Å². The van der Waals surface area contributed by atoms with Gasteiger partial charge in [0.05, 0.1) is 16.5 Å². The zero-order valence-electron chi connectivity index (χ0n) is 14.5. The Balaban J connectivity index is 1.68. The Morgan fingerprint density at radius 1 is 1.00 bits per heavy atom. The number of fused-ring (bicyclic) bond motifs is 1. The zero-order chi connectivity index (χ0) is 19.8. The average Bonchev–Trinajstić information content (AvgIpc) is 2.85. The molecule has 6 nitrogen and oxygen atoms in total. The van der Waals surface area contributed by atoms with Crippen LogP contribution in [0.3, 0.4) is 0 Å². The monoisotopic (exact) mass is 407 g/mol. The predicted octanol–water partition coefficient (Wildman–Crippen LogP) is 4.15. The second-order valence-corrected chi connectivity index (χ2v) is 7.48. The molecule has 2 aromatic rings. The summed E-state index contributed by atoms with van der Waals surface area (Å²) in [4.78, 5) is 42.2. The van der Waals surface area contributed by atoms with Crippen LogP contribution in [0.15, 0.2) is 42.5 Å². The van der Waals surface area contributed by atoms with Crippen molar-refractivity contribution >= 4 is 41.0 Å². The number of carbonyl (C=O) groups is 3. The van der Waals surface area contributed by atoms with Crippen molar-refractivity contribution in [2.24, 2.45) is 5.41 Å². The van der Waals surface area contributed by atoms with Crippen molar-refractivity contribution in [3.05, 3.63) is 63.6 Å². The highest BCUT2D eigenvalue weighted by molar-refractivity contribution is 6.34. The third kappa shape index (κ3) is 3.91. The lowest BCUT2D eigenvalue weighted by atomic mass is 9.95. The number of carbonyl (C=O) groups excluding carboxylic acids is 3. The maximum atomic E-state index is 12.5. The summed E-state index contributed by atoms with van der Waals surface area (Å²) in [5.74, 6) is -1.76. The van der Waals surface area contributed by atoms with E-state index >= 15 is 0 Å². The van der Waals surface area contributed by atoms with Crippen LogP contribution >= 0.6 is 23.2 Å². The first-order chi connectivity index (χ1) is 12.7. The number of amides is 2. The molecule has 27 heavy (non-hydrogen) atoms. The summed E-state index contributed by atoms with van der Waals surface area (Å²) in [6.07, 6.45) is 0. The van der Waals surface area contributed by atoms with Gasteiger partial charge in [-0.15, -0.1) is 0 Å². The van der Waals surface area contributed by atoms with Gasteiger partial charge in [-0.3, -0.25) is 9.59 Å². The topological polar surface area (TPSA) is 72.9 Å². The number of halogens is 2. The molecule has 0 spiro atoms. The molecular weight excluding hydrogens is 393 g/mol. The number of ether oxygens (including phenoxy) is 1. The van der Waals surface area contributed by atoms with E-state index in [1.54, 1.807) is 44.2 Å². The quantitative estimate of drug-likeness (QED) is 0.695. The van der Waals surface area contributed by atoms with Crippen LogP contribution in [0.25, 0.3) is 0 Å². The SMILES string of the molecule is CC(C)(COc1cc(Cl)cc(Cl)c1)C(=O)ON1C(=O)c2ccccc2C1=O. The Kier molecular flexibility index (Phi) is 5.13. The van der Waals surface area contributed by atoms with Gasteiger partial charge in [-0.2, -0.15) is 0 Å². The number of benzene rings is 2. The molecule has 0 N–H and O–H groups in total. The Bertz CT molecular complexity index is 886. The fourth-order valence-corrected chi connectivity index (χ4v) is 2.90. The van der Waals surface area contributed by atoms with Crippen LogP contribution in [-0.2, 0) is 9.63 Å². The Morgan fingerprint density at radius 2 is 1.52 bits per heavy atom. The van der Waals surface area contributed by atoms with E-state index in [1.165, 1.54) is 12.1 Å². The van der Waals surface area contributed by atoms with Crippen LogP contribution in [-0.4, -0.2) is 29.5 Å². The molecule has 1 aliphatic rings. The number of hydrogen-bond donors (Lipinski definition) is 0. The van der Waals surface area contributed by atoms with Crippen LogP contribution in [0.2, 0.25) is 10.0 Å². The first-order valence-corrected chi connectivity index (χ1v) is 8.74. The molecule has 2 aromatic carbocycles. The summed E-state index contributed by atoms with van der Waals surface area (Å²) in [5.41, 5.74) is -0.764. The molecular formula is C19H15Cl2NO5. The maximum Gasteiger partial charge on any atom is 0.342 e. The van der Waals surface area contributed by atoms with Crippen LogP contribution in [0.1, 0.15) is 34.6 Å². The summed E-state index contributed by atoms with van der Waals surface area (Å²) in [5, 5.41) is 1.26. The van der Waals surface area contributed by atoms with Crippen molar-refractivity contribution in [2.75, 3.05) is 6.61 Å². The van der Waals surface area contributed by atoms with Crippen molar-refractivity contribution in [1.82, 2.24) is 5.06 Å². The molecule has 0 aromatic heterocycles. The highest BCUT2D eigenvalue weighted by Gasteiger charge is 2.41. The molecule has 1 heterocycles. The van der Waals surface area contributed by atoms with Crippen molar-refractivity contribution in [3.8, 4) is 5.75 Å². The maximum absolute atomic E-state index is 12.5. The minimum absolute atomic E-state index is 0.0777. The fraction of sp³-hybridized carbons (Fsp3) is 0.211. The number of hydrogen-bond acceptors (Lipinski definition) is 5. The van der Waals surface area contributed by atoms with Gasteiger partial charge in [0.25, 0.3) is 11.8 Å². The largest absolute Gasteiger partial charge is 0.492 e. The normalized spacial score (nSPS) is 13.6. The van der Waals surface area contributed by atoms with E-state index in [2.05, 4.69) is 0 Å². The van der Waals surface area contributed by atoms with Crippen LogP contribution in [0.4, 0.5) is 0 Å². The van der Waals surface area contributed by atoms with Gasteiger partial charge in [0, 0.05) is 10.0 Å². The standard InChI is InChI=1S/C19H15Cl2NO5/c1-19(2,10-26-13-8-11(20)7-12(21)9-13)18(25)27-22-16(23)14-5-3-4-6-15(14)17(22)24/h3-9H,10H2,1-2H3. The summed E-state index contributed by atoms with van der Waals surface area (Å²) in [6.45, 7) is 3.06. The number of rotatable bonds is 5. The summed E-state index contributed by atoms with van der Waals surface area (Å²) >= 11 is 11.8.